The summed E-state index contributed by atoms with van der Waals surface area (Å²) in [6, 6.07) is 7.99. The Labute approximate surface area is 102 Å². The van der Waals surface area contributed by atoms with Crippen LogP contribution in [0.1, 0.15) is 5.82 Å². The van der Waals surface area contributed by atoms with E-state index in [1.54, 1.807) is 15.9 Å². The van der Waals surface area contributed by atoms with Crippen molar-refractivity contribution in [2.45, 2.75) is 6.54 Å². The highest BCUT2D eigenvalue weighted by molar-refractivity contribution is 7.13. The van der Waals surface area contributed by atoms with Crippen molar-refractivity contribution < 1.29 is 0 Å². The molecule has 0 spiro atoms. The molecule has 3 aromatic rings. The fourth-order valence-corrected chi connectivity index (χ4v) is 2.35. The van der Waals surface area contributed by atoms with Crippen LogP contribution in [0.3, 0.4) is 0 Å². The van der Waals surface area contributed by atoms with Gasteiger partial charge in [0, 0.05) is 0 Å². The van der Waals surface area contributed by atoms with Gasteiger partial charge in [0.2, 0.25) is 0 Å². The highest BCUT2D eigenvalue weighted by atomic mass is 32.1. The number of aromatic nitrogens is 4. The summed E-state index contributed by atoms with van der Waals surface area (Å²) >= 11 is 1.67. The Bertz CT molecular complexity index is 628. The molecule has 0 atom stereocenters. The quantitative estimate of drug-likeness (QED) is 0.761. The second-order valence-corrected chi connectivity index (χ2v) is 4.56. The predicted molar refractivity (Wildman–Crippen MR) is 66.9 cm³/mol. The minimum absolute atomic E-state index is 0.655. The van der Waals surface area contributed by atoms with E-state index in [9.17, 15) is 0 Å². The molecule has 86 valence electrons. The van der Waals surface area contributed by atoms with Crippen LogP contribution < -0.4 is 5.32 Å². The van der Waals surface area contributed by atoms with Crippen molar-refractivity contribution in [3.63, 3.8) is 0 Å². The summed E-state index contributed by atoms with van der Waals surface area (Å²) in [5, 5.41) is 17.8. The van der Waals surface area contributed by atoms with Gasteiger partial charge in [-0.25, -0.2) is 0 Å². The fourth-order valence-electron chi connectivity index (χ4n) is 1.66. The fraction of sp³-hybridized carbons (Fsp3) is 0.182. The third-order valence-corrected chi connectivity index (χ3v) is 3.33. The Hall–Kier alpha value is -1.79. The van der Waals surface area contributed by atoms with E-state index < -0.39 is 0 Å². The van der Waals surface area contributed by atoms with E-state index in [1.807, 2.05) is 30.6 Å². The summed E-state index contributed by atoms with van der Waals surface area (Å²) in [5.41, 5.74) is 1.72. The van der Waals surface area contributed by atoms with Gasteiger partial charge in [-0.1, -0.05) is 6.07 Å². The van der Waals surface area contributed by atoms with Gasteiger partial charge in [-0.05, 0) is 30.6 Å². The molecule has 17 heavy (non-hydrogen) atoms. The monoisotopic (exact) mass is 245 g/mol. The molecule has 0 aliphatic rings. The van der Waals surface area contributed by atoms with E-state index in [1.165, 1.54) is 0 Å². The van der Waals surface area contributed by atoms with Crippen LogP contribution in [0.15, 0.2) is 29.6 Å². The van der Waals surface area contributed by atoms with E-state index in [4.69, 9.17) is 0 Å². The Kier molecular flexibility index (Phi) is 2.58. The minimum Gasteiger partial charge on any atom is -0.313 e. The molecule has 0 amide bonds. The van der Waals surface area contributed by atoms with Crippen molar-refractivity contribution in [2.75, 3.05) is 7.05 Å². The maximum absolute atomic E-state index is 4.56. The Balaban J connectivity index is 2.13. The van der Waals surface area contributed by atoms with E-state index in [-0.39, 0.29) is 0 Å². The van der Waals surface area contributed by atoms with Crippen LogP contribution in [-0.4, -0.2) is 26.9 Å². The first-order chi connectivity index (χ1) is 8.38. The number of rotatable bonds is 3. The molecule has 0 unspecified atom stereocenters. The highest BCUT2D eigenvalue weighted by Gasteiger charge is 2.08. The molecule has 0 aromatic carbocycles. The molecule has 0 aliphatic carbocycles. The molecule has 0 radical (unpaired) electrons. The molecule has 0 aliphatic heterocycles. The summed E-state index contributed by atoms with van der Waals surface area (Å²) in [6.45, 7) is 0.655. The zero-order chi connectivity index (χ0) is 11.7. The first-order valence-corrected chi connectivity index (χ1v) is 6.16. The lowest BCUT2D eigenvalue weighted by atomic mass is 10.3. The number of thiophene rings is 1. The molecular weight excluding hydrogens is 234 g/mol. The topological polar surface area (TPSA) is 55.1 Å². The van der Waals surface area contributed by atoms with Crippen LogP contribution >= 0.6 is 11.3 Å². The van der Waals surface area contributed by atoms with Gasteiger partial charge in [0.15, 0.2) is 11.5 Å². The van der Waals surface area contributed by atoms with Gasteiger partial charge < -0.3 is 5.32 Å². The van der Waals surface area contributed by atoms with E-state index in [0.717, 1.165) is 22.0 Å². The van der Waals surface area contributed by atoms with Gasteiger partial charge in [0.25, 0.3) is 0 Å². The lowest BCUT2D eigenvalue weighted by Crippen LogP contribution is -2.10. The van der Waals surface area contributed by atoms with E-state index in [2.05, 4.69) is 26.7 Å². The summed E-state index contributed by atoms with van der Waals surface area (Å²) in [7, 11) is 1.88. The predicted octanol–water partition coefficient (Wildman–Crippen LogP) is 1.57. The number of nitrogens with zero attached hydrogens (tertiary/aromatic N) is 4. The largest absolute Gasteiger partial charge is 0.313 e. The number of hydrogen-bond donors (Lipinski definition) is 1. The van der Waals surface area contributed by atoms with Crippen LogP contribution in [-0.2, 0) is 6.54 Å². The van der Waals surface area contributed by atoms with Crippen molar-refractivity contribution in [3.8, 4) is 10.6 Å². The van der Waals surface area contributed by atoms with Crippen LogP contribution in [0.5, 0.6) is 0 Å². The van der Waals surface area contributed by atoms with Gasteiger partial charge in [-0.3, -0.25) is 0 Å². The van der Waals surface area contributed by atoms with Crippen molar-refractivity contribution >= 4 is 17.0 Å². The van der Waals surface area contributed by atoms with Crippen molar-refractivity contribution in [3.05, 3.63) is 35.5 Å². The van der Waals surface area contributed by atoms with Crippen LogP contribution in [0.2, 0.25) is 0 Å². The maximum Gasteiger partial charge on any atom is 0.177 e. The summed E-state index contributed by atoms with van der Waals surface area (Å²) < 4.78 is 1.78. The first kappa shape index (κ1) is 10.4. The molecule has 3 heterocycles. The normalized spacial score (nSPS) is 11.1. The summed E-state index contributed by atoms with van der Waals surface area (Å²) in [6.07, 6.45) is 0. The van der Waals surface area contributed by atoms with Crippen LogP contribution in [0.25, 0.3) is 16.2 Å². The second-order valence-electron chi connectivity index (χ2n) is 3.61. The SMILES string of the molecule is CNCc1nnc2ccc(-c3cccs3)nn12. The standard InChI is InChI=1S/C11H11N5S/c1-12-7-11-14-13-10-5-4-8(15-16(10)11)9-3-2-6-17-9/h2-6,12H,7H2,1H3. The Morgan fingerprint density at radius 1 is 1.29 bits per heavy atom. The number of nitrogens with one attached hydrogen (secondary N) is 1. The molecule has 3 rings (SSSR count). The highest BCUT2D eigenvalue weighted by Crippen LogP contribution is 2.22. The molecular formula is C11H11N5S. The van der Waals surface area contributed by atoms with Crippen molar-refractivity contribution in [1.29, 1.82) is 0 Å². The summed E-state index contributed by atoms with van der Waals surface area (Å²) in [4.78, 5) is 1.15. The average Bonchev–Trinajstić information content (AvgIpc) is 2.98. The van der Waals surface area contributed by atoms with Gasteiger partial charge >= 0.3 is 0 Å². The minimum atomic E-state index is 0.655. The number of fused-ring (bicyclic) bond motifs is 1. The van der Waals surface area contributed by atoms with Crippen LogP contribution in [0.4, 0.5) is 0 Å². The van der Waals surface area contributed by atoms with Crippen LogP contribution in [0, 0.1) is 0 Å². The molecule has 6 heteroatoms. The number of hydrogen-bond acceptors (Lipinski definition) is 5. The third-order valence-electron chi connectivity index (χ3n) is 2.44. The zero-order valence-corrected chi connectivity index (χ0v) is 10.1. The second kappa shape index (κ2) is 4.23. The van der Waals surface area contributed by atoms with Crippen molar-refractivity contribution in [1.82, 2.24) is 25.1 Å². The third kappa shape index (κ3) is 1.81. The van der Waals surface area contributed by atoms with Gasteiger partial charge in [0.1, 0.15) is 5.69 Å². The molecule has 5 nitrogen and oxygen atoms in total. The molecule has 0 saturated carbocycles. The molecule has 0 bridgehead atoms. The average molecular weight is 245 g/mol. The molecule has 0 saturated heterocycles. The van der Waals surface area contributed by atoms with Gasteiger partial charge in [0.05, 0.1) is 11.4 Å². The lowest BCUT2D eigenvalue weighted by molar-refractivity contribution is 0.719. The van der Waals surface area contributed by atoms with Gasteiger partial charge in [-0.15, -0.1) is 21.5 Å². The molecule has 0 fully saturated rings. The Morgan fingerprint density at radius 2 is 2.24 bits per heavy atom. The zero-order valence-electron chi connectivity index (χ0n) is 9.29. The van der Waals surface area contributed by atoms with E-state index >= 15 is 0 Å². The lowest BCUT2D eigenvalue weighted by Gasteiger charge is -2.00. The Morgan fingerprint density at radius 3 is 3.00 bits per heavy atom. The van der Waals surface area contributed by atoms with E-state index in [0.29, 0.717) is 6.54 Å². The summed E-state index contributed by atoms with van der Waals surface area (Å²) in [5.74, 6) is 0.820. The molecule has 3 aromatic heterocycles. The molecule has 1 N–H and O–H groups in total. The first-order valence-electron chi connectivity index (χ1n) is 5.28. The van der Waals surface area contributed by atoms with Gasteiger partial charge in [-0.2, -0.15) is 9.61 Å². The maximum atomic E-state index is 4.56. The van der Waals surface area contributed by atoms with Crippen molar-refractivity contribution in [2.24, 2.45) is 0 Å². The smallest absolute Gasteiger partial charge is 0.177 e.